The molecule has 1 aromatic rings. The minimum Gasteiger partial charge on any atom is -0.329 e. The van der Waals surface area contributed by atoms with E-state index in [1.807, 2.05) is 0 Å². The number of rotatable bonds is 5. The van der Waals surface area contributed by atoms with Gasteiger partial charge in [-0.25, -0.2) is 0 Å². The summed E-state index contributed by atoms with van der Waals surface area (Å²) in [6.07, 6.45) is 7.09. The summed E-state index contributed by atoms with van der Waals surface area (Å²) in [5.41, 5.74) is 7.32. The molecule has 1 aliphatic rings. The van der Waals surface area contributed by atoms with Crippen LogP contribution in [0.15, 0.2) is 16.8 Å². The van der Waals surface area contributed by atoms with Crippen molar-refractivity contribution in [1.29, 1.82) is 0 Å². The highest BCUT2D eigenvalue weighted by atomic mass is 32.1. The first-order valence-corrected chi connectivity index (χ1v) is 7.68. The molecule has 17 heavy (non-hydrogen) atoms. The maximum atomic E-state index is 5.93. The van der Waals surface area contributed by atoms with E-state index in [4.69, 9.17) is 5.73 Å². The van der Waals surface area contributed by atoms with E-state index in [9.17, 15) is 0 Å². The van der Waals surface area contributed by atoms with Gasteiger partial charge in [-0.3, -0.25) is 4.90 Å². The lowest BCUT2D eigenvalue weighted by atomic mass is 9.88. The normalized spacial score (nSPS) is 19.7. The molecule has 1 saturated carbocycles. The van der Waals surface area contributed by atoms with Gasteiger partial charge in [0.05, 0.1) is 0 Å². The van der Waals surface area contributed by atoms with Crippen molar-refractivity contribution in [3.05, 3.63) is 22.4 Å². The number of likely N-dealkylation sites (N-methyl/N-ethyl adjacent to an activating group) is 1. The van der Waals surface area contributed by atoms with E-state index >= 15 is 0 Å². The van der Waals surface area contributed by atoms with Crippen LogP contribution in [0.1, 0.15) is 43.7 Å². The van der Waals surface area contributed by atoms with Gasteiger partial charge in [0, 0.05) is 19.1 Å². The summed E-state index contributed by atoms with van der Waals surface area (Å²) in [6.45, 7) is 1.93. The zero-order valence-electron chi connectivity index (χ0n) is 10.8. The first kappa shape index (κ1) is 13.1. The maximum Gasteiger partial charge on any atom is 0.0475 e. The molecule has 0 amide bonds. The van der Waals surface area contributed by atoms with Crippen LogP contribution in [0.4, 0.5) is 0 Å². The molecule has 0 spiro atoms. The van der Waals surface area contributed by atoms with E-state index in [1.165, 1.54) is 44.2 Å². The molecule has 0 radical (unpaired) electrons. The Morgan fingerprint density at radius 2 is 2.18 bits per heavy atom. The lowest BCUT2D eigenvalue weighted by Gasteiger charge is -2.32. The summed E-state index contributed by atoms with van der Waals surface area (Å²) in [4.78, 5) is 2.46. The Morgan fingerprint density at radius 1 is 1.41 bits per heavy atom. The molecule has 0 aromatic carbocycles. The van der Waals surface area contributed by atoms with Gasteiger partial charge in [0.15, 0.2) is 0 Å². The summed E-state index contributed by atoms with van der Waals surface area (Å²) in [5, 5.41) is 4.38. The van der Waals surface area contributed by atoms with Gasteiger partial charge < -0.3 is 5.73 Å². The molecule has 0 bridgehead atoms. The minimum atomic E-state index is 0.406. The first-order chi connectivity index (χ1) is 8.31. The quantitative estimate of drug-likeness (QED) is 0.871. The van der Waals surface area contributed by atoms with Gasteiger partial charge in [0.25, 0.3) is 0 Å². The number of nitrogens with zero attached hydrogens (tertiary/aromatic N) is 1. The van der Waals surface area contributed by atoms with Gasteiger partial charge in [-0.1, -0.05) is 19.3 Å². The topological polar surface area (TPSA) is 29.3 Å². The SMILES string of the molecule is CN(CC1CCCCC1)C(CN)c1ccsc1. The van der Waals surface area contributed by atoms with E-state index in [2.05, 4.69) is 28.8 Å². The number of thiophene rings is 1. The number of hydrogen-bond donors (Lipinski definition) is 1. The van der Waals surface area contributed by atoms with Crippen molar-refractivity contribution < 1.29 is 0 Å². The minimum absolute atomic E-state index is 0.406. The van der Waals surface area contributed by atoms with Crippen molar-refractivity contribution in [2.45, 2.75) is 38.1 Å². The summed E-state index contributed by atoms with van der Waals surface area (Å²) in [5.74, 6) is 0.890. The van der Waals surface area contributed by atoms with E-state index in [1.54, 1.807) is 11.3 Å². The molecule has 1 fully saturated rings. The average molecular weight is 252 g/mol. The summed E-state index contributed by atoms with van der Waals surface area (Å²) in [7, 11) is 2.23. The molecule has 1 aromatic heterocycles. The molecule has 0 aliphatic heterocycles. The van der Waals surface area contributed by atoms with Crippen LogP contribution >= 0.6 is 11.3 Å². The van der Waals surface area contributed by atoms with Gasteiger partial charge in [-0.2, -0.15) is 11.3 Å². The smallest absolute Gasteiger partial charge is 0.0475 e. The Morgan fingerprint density at radius 3 is 2.76 bits per heavy atom. The average Bonchev–Trinajstić information content (AvgIpc) is 2.85. The summed E-state index contributed by atoms with van der Waals surface area (Å²) < 4.78 is 0. The van der Waals surface area contributed by atoms with Crippen molar-refractivity contribution in [3.63, 3.8) is 0 Å². The van der Waals surface area contributed by atoms with Crippen LogP contribution in [-0.2, 0) is 0 Å². The van der Waals surface area contributed by atoms with Crippen LogP contribution < -0.4 is 5.73 Å². The predicted octanol–water partition coefficient (Wildman–Crippen LogP) is 3.26. The molecule has 1 aliphatic carbocycles. The maximum absolute atomic E-state index is 5.93. The Kier molecular flexibility index (Phi) is 5.01. The van der Waals surface area contributed by atoms with Crippen molar-refractivity contribution in [2.24, 2.45) is 11.7 Å². The molecule has 1 unspecified atom stereocenters. The lowest BCUT2D eigenvalue weighted by molar-refractivity contribution is 0.186. The Bertz CT molecular complexity index is 304. The second kappa shape index (κ2) is 6.53. The van der Waals surface area contributed by atoms with Crippen molar-refractivity contribution in [3.8, 4) is 0 Å². The van der Waals surface area contributed by atoms with E-state index in [-0.39, 0.29) is 0 Å². The van der Waals surface area contributed by atoms with Crippen LogP contribution in [0, 0.1) is 5.92 Å². The van der Waals surface area contributed by atoms with Crippen molar-refractivity contribution in [2.75, 3.05) is 20.1 Å². The van der Waals surface area contributed by atoms with Gasteiger partial charge in [-0.15, -0.1) is 0 Å². The molecule has 2 nitrogen and oxygen atoms in total. The fourth-order valence-electron chi connectivity index (χ4n) is 2.94. The zero-order chi connectivity index (χ0) is 12.1. The van der Waals surface area contributed by atoms with Gasteiger partial charge in [0.2, 0.25) is 0 Å². The van der Waals surface area contributed by atoms with Crippen molar-refractivity contribution in [1.82, 2.24) is 4.90 Å². The largest absolute Gasteiger partial charge is 0.329 e. The Hall–Kier alpha value is -0.380. The molecule has 3 heteroatoms. The van der Waals surface area contributed by atoms with Crippen LogP contribution in [0.3, 0.4) is 0 Å². The second-order valence-corrected chi connectivity index (χ2v) is 6.03. The van der Waals surface area contributed by atoms with Crippen LogP contribution in [-0.4, -0.2) is 25.0 Å². The standard InChI is InChI=1S/C14H24N2S/c1-16(10-12-5-3-2-4-6-12)14(9-15)13-7-8-17-11-13/h7-8,11-12,14H,2-6,9-10,15H2,1H3. The molecule has 2 rings (SSSR count). The van der Waals surface area contributed by atoms with E-state index in [0.717, 1.165) is 12.5 Å². The number of nitrogens with two attached hydrogens (primary N) is 1. The van der Waals surface area contributed by atoms with Crippen LogP contribution in [0.2, 0.25) is 0 Å². The van der Waals surface area contributed by atoms with Crippen LogP contribution in [0.5, 0.6) is 0 Å². The van der Waals surface area contributed by atoms with Gasteiger partial charge >= 0.3 is 0 Å². The highest BCUT2D eigenvalue weighted by Crippen LogP contribution is 2.27. The lowest BCUT2D eigenvalue weighted by Crippen LogP contribution is -2.34. The molecular formula is C14H24N2S. The Balaban J connectivity index is 1.90. The molecule has 2 N–H and O–H groups in total. The molecule has 96 valence electrons. The van der Waals surface area contributed by atoms with Crippen molar-refractivity contribution >= 4 is 11.3 Å². The third-order valence-electron chi connectivity index (χ3n) is 3.95. The van der Waals surface area contributed by atoms with Gasteiger partial charge in [-0.05, 0) is 48.2 Å². The zero-order valence-corrected chi connectivity index (χ0v) is 11.6. The summed E-state index contributed by atoms with van der Waals surface area (Å²) in [6, 6.07) is 2.61. The monoisotopic (exact) mass is 252 g/mol. The highest BCUT2D eigenvalue weighted by Gasteiger charge is 2.20. The third kappa shape index (κ3) is 3.54. The molecule has 1 atom stereocenters. The molecular weight excluding hydrogens is 228 g/mol. The highest BCUT2D eigenvalue weighted by molar-refractivity contribution is 7.07. The fourth-order valence-corrected chi connectivity index (χ4v) is 3.65. The first-order valence-electron chi connectivity index (χ1n) is 6.73. The van der Waals surface area contributed by atoms with Crippen LogP contribution in [0.25, 0.3) is 0 Å². The summed E-state index contributed by atoms with van der Waals surface area (Å²) >= 11 is 1.76. The van der Waals surface area contributed by atoms with Gasteiger partial charge in [0.1, 0.15) is 0 Å². The third-order valence-corrected chi connectivity index (χ3v) is 4.66. The predicted molar refractivity (Wildman–Crippen MR) is 75.3 cm³/mol. The number of hydrogen-bond acceptors (Lipinski definition) is 3. The molecule has 0 saturated heterocycles. The Labute approximate surface area is 109 Å². The second-order valence-electron chi connectivity index (χ2n) is 5.25. The fraction of sp³-hybridized carbons (Fsp3) is 0.714. The van der Waals surface area contributed by atoms with E-state index in [0.29, 0.717) is 6.04 Å². The molecule has 1 heterocycles. The van der Waals surface area contributed by atoms with E-state index < -0.39 is 0 Å².